The summed E-state index contributed by atoms with van der Waals surface area (Å²) in [6.45, 7) is 1.26. The molecule has 1 fully saturated rings. The molecule has 1 saturated heterocycles. The maximum atomic E-state index is 13.1. The second-order valence-electron chi connectivity index (χ2n) is 7.17. The van der Waals surface area contributed by atoms with E-state index in [0.29, 0.717) is 24.9 Å². The molecule has 0 aromatic carbocycles. The number of hydrogen-bond donors (Lipinski definition) is 1. The molecule has 0 radical (unpaired) electrons. The number of piperidine rings is 1. The summed E-state index contributed by atoms with van der Waals surface area (Å²) in [5, 5.41) is 3.33. The zero-order valence-corrected chi connectivity index (χ0v) is 16.1. The molecule has 0 bridgehead atoms. The van der Waals surface area contributed by atoms with Crippen LogP contribution in [-0.2, 0) is 6.18 Å². The Morgan fingerprint density at radius 2 is 2.00 bits per heavy atom. The highest BCUT2D eigenvalue weighted by Crippen LogP contribution is 2.31. The summed E-state index contributed by atoms with van der Waals surface area (Å²) in [4.78, 5) is 20.7. The van der Waals surface area contributed by atoms with Crippen molar-refractivity contribution in [3.63, 3.8) is 0 Å². The number of hydrogen-bond acceptors (Lipinski definition) is 7. The van der Waals surface area contributed by atoms with E-state index in [1.807, 2.05) is 30.0 Å². The molecule has 154 valence electrons. The molecular weight excluding hydrogens is 385 g/mol. The third-order valence-electron chi connectivity index (χ3n) is 4.80. The maximum absolute atomic E-state index is 13.1. The lowest BCUT2D eigenvalue weighted by atomic mass is 10.1. The van der Waals surface area contributed by atoms with Crippen LogP contribution >= 0.6 is 0 Å². The Balaban J connectivity index is 1.56. The van der Waals surface area contributed by atoms with E-state index >= 15 is 0 Å². The van der Waals surface area contributed by atoms with Gasteiger partial charge in [0.1, 0.15) is 5.82 Å². The first-order valence-corrected chi connectivity index (χ1v) is 9.24. The van der Waals surface area contributed by atoms with Crippen molar-refractivity contribution in [2.24, 2.45) is 0 Å². The lowest BCUT2D eigenvalue weighted by Gasteiger charge is -2.34. The van der Waals surface area contributed by atoms with Crippen molar-refractivity contribution in [1.82, 2.24) is 24.3 Å². The average molecular weight is 406 g/mol. The minimum atomic E-state index is -4.50. The van der Waals surface area contributed by atoms with Gasteiger partial charge in [0.05, 0.1) is 0 Å². The number of nitrogens with zero attached hydrogens (tertiary/aromatic N) is 7. The summed E-state index contributed by atoms with van der Waals surface area (Å²) < 4.78 is 40.5. The van der Waals surface area contributed by atoms with Crippen LogP contribution in [0.4, 0.5) is 30.8 Å². The van der Waals surface area contributed by atoms with Crippen LogP contribution in [0.25, 0.3) is 5.65 Å². The third kappa shape index (κ3) is 4.03. The Morgan fingerprint density at radius 3 is 2.76 bits per heavy atom. The molecule has 0 spiro atoms. The fraction of sp³-hybridized carbons (Fsp3) is 0.444. The largest absolute Gasteiger partial charge is 0.434 e. The van der Waals surface area contributed by atoms with Gasteiger partial charge >= 0.3 is 6.18 Å². The van der Waals surface area contributed by atoms with E-state index in [-0.39, 0.29) is 11.7 Å². The summed E-state index contributed by atoms with van der Waals surface area (Å²) in [7, 11) is 3.81. The smallest absolute Gasteiger partial charge is 0.363 e. The zero-order chi connectivity index (χ0) is 20.6. The van der Waals surface area contributed by atoms with Crippen molar-refractivity contribution in [3.05, 3.63) is 36.5 Å². The molecule has 3 aromatic rings. The molecule has 0 amide bonds. The van der Waals surface area contributed by atoms with Gasteiger partial charge in [0.15, 0.2) is 17.2 Å². The Hall–Kier alpha value is -3.11. The van der Waals surface area contributed by atoms with Gasteiger partial charge in [0, 0.05) is 58.0 Å². The van der Waals surface area contributed by atoms with Crippen LogP contribution in [0.2, 0.25) is 0 Å². The summed E-state index contributed by atoms with van der Waals surface area (Å²) in [5.74, 6) is 1.76. The molecule has 3 aromatic heterocycles. The van der Waals surface area contributed by atoms with Crippen LogP contribution in [0.3, 0.4) is 0 Å². The first kappa shape index (κ1) is 19.2. The Labute approximate surface area is 165 Å². The van der Waals surface area contributed by atoms with Gasteiger partial charge in [-0.2, -0.15) is 18.2 Å². The van der Waals surface area contributed by atoms with Gasteiger partial charge in [-0.25, -0.2) is 15.0 Å². The fourth-order valence-electron chi connectivity index (χ4n) is 3.40. The molecule has 1 atom stereocenters. The number of imidazole rings is 1. The topological polar surface area (TPSA) is 74.5 Å². The Bertz CT molecular complexity index is 1000. The van der Waals surface area contributed by atoms with Crippen molar-refractivity contribution in [2.75, 3.05) is 42.3 Å². The predicted octanol–water partition coefficient (Wildman–Crippen LogP) is 2.69. The highest BCUT2D eigenvalue weighted by atomic mass is 19.4. The van der Waals surface area contributed by atoms with Crippen molar-refractivity contribution in [1.29, 1.82) is 0 Å². The summed E-state index contributed by atoms with van der Waals surface area (Å²) >= 11 is 0. The van der Waals surface area contributed by atoms with Crippen molar-refractivity contribution in [2.45, 2.75) is 25.1 Å². The van der Waals surface area contributed by atoms with E-state index < -0.39 is 11.9 Å². The molecule has 4 heterocycles. The van der Waals surface area contributed by atoms with E-state index in [2.05, 4.69) is 25.3 Å². The standard InChI is InChI=1S/C18H21F3N8/c1-27(2)14-5-6-23-17(26-14)24-12-4-3-8-28(10-12)15-16-25-13(18(19,20)21)11-29(16)9-7-22-15/h5-7,9,11-12H,3-4,8,10H2,1-2H3,(H,23,24,26). The van der Waals surface area contributed by atoms with E-state index in [0.717, 1.165) is 24.9 Å². The molecule has 0 aliphatic carbocycles. The zero-order valence-electron chi connectivity index (χ0n) is 16.1. The molecule has 1 unspecified atom stereocenters. The normalized spacial score (nSPS) is 17.6. The van der Waals surface area contributed by atoms with Gasteiger partial charge in [-0.3, -0.25) is 0 Å². The Kier molecular flexibility index (Phi) is 4.89. The first-order chi connectivity index (χ1) is 13.8. The second-order valence-corrected chi connectivity index (χ2v) is 7.17. The molecule has 4 rings (SSSR count). The Morgan fingerprint density at radius 1 is 1.17 bits per heavy atom. The molecule has 1 aliphatic rings. The fourth-order valence-corrected chi connectivity index (χ4v) is 3.40. The highest BCUT2D eigenvalue weighted by molar-refractivity contribution is 5.65. The lowest BCUT2D eigenvalue weighted by Crippen LogP contribution is -2.43. The minimum absolute atomic E-state index is 0.0419. The van der Waals surface area contributed by atoms with Crippen LogP contribution in [0, 0.1) is 0 Å². The van der Waals surface area contributed by atoms with E-state index in [4.69, 9.17) is 0 Å². The summed E-state index contributed by atoms with van der Waals surface area (Å²) in [6, 6.07) is 1.86. The number of halogens is 3. The molecule has 0 saturated carbocycles. The van der Waals surface area contributed by atoms with Crippen molar-refractivity contribution in [3.8, 4) is 0 Å². The quantitative estimate of drug-likeness (QED) is 0.714. The minimum Gasteiger partial charge on any atom is -0.363 e. The van der Waals surface area contributed by atoms with Gasteiger partial charge in [-0.15, -0.1) is 0 Å². The highest BCUT2D eigenvalue weighted by Gasteiger charge is 2.35. The molecule has 29 heavy (non-hydrogen) atoms. The van der Waals surface area contributed by atoms with Crippen LogP contribution < -0.4 is 15.1 Å². The van der Waals surface area contributed by atoms with E-state index in [9.17, 15) is 13.2 Å². The van der Waals surface area contributed by atoms with Gasteiger partial charge < -0.3 is 19.5 Å². The predicted molar refractivity (Wildman–Crippen MR) is 103 cm³/mol. The van der Waals surface area contributed by atoms with Gasteiger partial charge in [-0.05, 0) is 18.9 Å². The number of alkyl halides is 3. The number of anilines is 3. The first-order valence-electron chi connectivity index (χ1n) is 9.24. The molecular formula is C18H21F3N8. The lowest BCUT2D eigenvalue weighted by molar-refractivity contribution is -0.140. The SMILES string of the molecule is CN(C)c1ccnc(NC2CCCN(c3nccn4cc(C(F)(F)F)nc34)C2)n1. The van der Waals surface area contributed by atoms with Crippen LogP contribution in [0.1, 0.15) is 18.5 Å². The van der Waals surface area contributed by atoms with Gasteiger partial charge in [0.2, 0.25) is 5.95 Å². The summed E-state index contributed by atoms with van der Waals surface area (Å²) in [6.07, 6.45) is 2.91. The van der Waals surface area contributed by atoms with Crippen LogP contribution in [0.15, 0.2) is 30.9 Å². The number of fused-ring (bicyclic) bond motifs is 1. The third-order valence-corrected chi connectivity index (χ3v) is 4.80. The van der Waals surface area contributed by atoms with Gasteiger partial charge in [-0.1, -0.05) is 0 Å². The number of aromatic nitrogens is 5. The molecule has 8 nitrogen and oxygen atoms in total. The maximum Gasteiger partial charge on any atom is 0.434 e. The van der Waals surface area contributed by atoms with Crippen molar-refractivity contribution >= 4 is 23.2 Å². The van der Waals surface area contributed by atoms with Crippen molar-refractivity contribution < 1.29 is 13.2 Å². The van der Waals surface area contributed by atoms with Crippen LogP contribution in [0.5, 0.6) is 0 Å². The molecule has 11 heteroatoms. The van der Waals surface area contributed by atoms with Crippen LogP contribution in [-0.4, -0.2) is 57.6 Å². The molecule has 1 aliphatic heterocycles. The number of rotatable bonds is 4. The second kappa shape index (κ2) is 7.37. The summed E-state index contributed by atoms with van der Waals surface area (Å²) in [5.41, 5.74) is -0.723. The molecule has 1 N–H and O–H groups in total. The van der Waals surface area contributed by atoms with E-state index in [1.165, 1.54) is 16.8 Å². The average Bonchev–Trinajstić information content (AvgIpc) is 3.13. The van der Waals surface area contributed by atoms with E-state index in [1.54, 1.807) is 6.20 Å². The van der Waals surface area contributed by atoms with Gasteiger partial charge in [0.25, 0.3) is 0 Å². The number of nitrogens with one attached hydrogen (secondary N) is 1. The monoisotopic (exact) mass is 406 g/mol.